The Morgan fingerprint density at radius 3 is 2.64 bits per heavy atom. The van der Waals surface area contributed by atoms with Crippen LogP contribution in [0.2, 0.25) is 0 Å². The van der Waals surface area contributed by atoms with E-state index in [0.29, 0.717) is 12.2 Å². The molecule has 1 amide bonds. The molecule has 0 aromatic heterocycles. The van der Waals surface area contributed by atoms with Crippen LogP contribution in [0.5, 0.6) is 0 Å². The summed E-state index contributed by atoms with van der Waals surface area (Å²) in [5.74, 6) is -0.414. The third kappa shape index (κ3) is 6.18. The Morgan fingerprint density at radius 2 is 2.00 bits per heavy atom. The number of hydrogen-bond acceptors (Lipinski definition) is 3. The van der Waals surface area contributed by atoms with E-state index in [2.05, 4.69) is 49.2 Å². The van der Waals surface area contributed by atoms with E-state index in [1.165, 1.54) is 11.8 Å². The number of nitrogens with one attached hydrogen (secondary N) is 2. The van der Waals surface area contributed by atoms with Gasteiger partial charge in [-0.05, 0) is 77.4 Å². The lowest BCUT2D eigenvalue weighted by molar-refractivity contribution is -0.112. The molecule has 0 saturated heterocycles. The van der Waals surface area contributed by atoms with Gasteiger partial charge >= 0.3 is 0 Å². The molecule has 0 unspecified atom stereocenters. The maximum absolute atomic E-state index is 12.2. The zero-order valence-corrected chi connectivity index (χ0v) is 17.4. The number of anilines is 1. The van der Waals surface area contributed by atoms with Crippen molar-refractivity contribution >= 4 is 50.1 Å². The smallest absolute Gasteiger partial charge is 0.267 e. The Balaban J connectivity index is 1.91. The van der Waals surface area contributed by atoms with Gasteiger partial charge in [0.05, 0.1) is 0 Å². The standard InChI is InChI=1S/C19H17BrIN3O/c1-13-10-17(21)6-7-18(13)24-19(25)15(11-22)12-23-9-8-14-2-4-16(20)5-3-14/h2-7,10,12,23H,8-9H2,1H3,(H,24,25)/b15-12-. The highest BCUT2D eigenvalue weighted by Crippen LogP contribution is 2.18. The molecule has 0 aliphatic carbocycles. The highest BCUT2D eigenvalue weighted by molar-refractivity contribution is 14.1. The lowest BCUT2D eigenvalue weighted by atomic mass is 10.1. The van der Waals surface area contributed by atoms with Gasteiger partial charge in [0.15, 0.2) is 0 Å². The number of carbonyl (C=O) groups is 1. The minimum Gasteiger partial charge on any atom is -0.389 e. The first kappa shape index (κ1) is 19.5. The minimum atomic E-state index is -0.414. The quantitative estimate of drug-likeness (QED) is 0.260. The van der Waals surface area contributed by atoms with E-state index in [1.807, 2.05) is 55.5 Å². The molecule has 0 aliphatic rings. The van der Waals surface area contributed by atoms with Gasteiger partial charge in [-0.1, -0.05) is 28.1 Å². The fourth-order valence-electron chi connectivity index (χ4n) is 2.15. The lowest BCUT2D eigenvalue weighted by Gasteiger charge is -2.08. The van der Waals surface area contributed by atoms with Crippen LogP contribution in [-0.4, -0.2) is 12.5 Å². The van der Waals surface area contributed by atoms with Gasteiger partial charge in [-0.2, -0.15) is 5.26 Å². The van der Waals surface area contributed by atoms with Crippen molar-refractivity contribution in [3.8, 4) is 6.07 Å². The number of halogens is 2. The summed E-state index contributed by atoms with van der Waals surface area (Å²) in [6, 6.07) is 15.7. The van der Waals surface area contributed by atoms with Crippen molar-refractivity contribution in [1.82, 2.24) is 5.32 Å². The van der Waals surface area contributed by atoms with E-state index < -0.39 is 5.91 Å². The molecule has 0 heterocycles. The number of rotatable bonds is 6. The van der Waals surface area contributed by atoms with Crippen LogP contribution in [-0.2, 0) is 11.2 Å². The number of nitriles is 1. The Hall–Kier alpha value is -1.85. The molecule has 0 aliphatic heterocycles. The SMILES string of the molecule is Cc1cc(I)ccc1NC(=O)/C(C#N)=C\NCCc1ccc(Br)cc1. The molecule has 0 fully saturated rings. The van der Waals surface area contributed by atoms with Crippen molar-refractivity contribution in [2.45, 2.75) is 13.3 Å². The monoisotopic (exact) mass is 509 g/mol. The average Bonchev–Trinajstić information content (AvgIpc) is 2.59. The first-order chi connectivity index (χ1) is 12.0. The van der Waals surface area contributed by atoms with Crippen LogP contribution in [0.15, 0.2) is 58.7 Å². The first-order valence-corrected chi connectivity index (χ1v) is 9.52. The number of amides is 1. The molecule has 4 nitrogen and oxygen atoms in total. The molecule has 2 aromatic carbocycles. The van der Waals surface area contributed by atoms with Gasteiger partial charge in [-0.25, -0.2) is 0 Å². The summed E-state index contributed by atoms with van der Waals surface area (Å²) >= 11 is 5.62. The Kier molecular flexibility index (Phi) is 7.47. The largest absolute Gasteiger partial charge is 0.389 e. The molecular formula is C19H17BrIN3O. The van der Waals surface area contributed by atoms with Crippen LogP contribution in [0.25, 0.3) is 0 Å². The summed E-state index contributed by atoms with van der Waals surface area (Å²) in [6.07, 6.45) is 2.27. The summed E-state index contributed by atoms with van der Waals surface area (Å²) in [5.41, 5.74) is 2.90. The maximum atomic E-state index is 12.2. The molecule has 2 rings (SSSR count). The van der Waals surface area contributed by atoms with Gasteiger partial charge in [0, 0.05) is 26.5 Å². The lowest BCUT2D eigenvalue weighted by Crippen LogP contribution is -2.18. The number of aryl methyl sites for hydroxylation is 1. The van der Waals surface area contributed by atoms with Gasteiger partial charge in [0.1, 0.15) is 11.6 Å². The molecule has 2 N–H and O–H groups in total. The molecule has 0 spiro atoms. The summed E-state index contributed by atoms with van der Waals surface area (Å²) in [7, 11) is 0. The van der Waals surface area contributed by atoms with E-state index in [-0.39, 0.29) is 5.57 Å². The number of benzene rings is 2. The van der Waals surface area contributed by atoms with Crippen molar-refractivity contribution in [2.75, 3.05) is 11.9 Å². The number of hydrogen-bond donors (Lipinski definition) is 2. The maximum Gasteiger partial charge on any atom is 0.267 e. The number of nitrogens with zero attached hydrogens (tertiary/aromatic N) is 1. The number of carbonyl (C=O) groups excluding carboxylic acids is 1. The van der Waals surface area contributed by atoms with Crippen LogP contribution >= 0.6 is 38.5 Å². The molecule has 6 heteroatoms. The zero-order chi connectivity index (χ0) is 18.2. The predicted octanol–water partition coefficient (Wildman–Crippen LogP) is 4.54. The first-order valence-electron chi connectivity index (χ1n) is 7.65. The molecule has 128 valence electrons. The van der Waals surface area contributed by atoms with Crippen molar-refractivity contribution in [1.29, 1.82) is 5.26 Å². The Bertz CT molecular complexity index is 826. The van der Waals surface area contributed by atoms with Gasteiger partial charge in [-0.15, -0.1) is 0 Å². The second kappa shape index (κ2) is 9.59. The molecule has 0 radical (unpaired) electrons. The second-order valence-corrected chi connectivity index (χ2v) is 7.58. The van der Waals surface area contributed by atoms with Crippen molar-refractivity contribution in [3.05, 3.63) is 73.4 Å². The third-order valence-electron chi connectivity index (χ3n) is 3.52. The topological polar surface area (TPSA) is 64.9 Å². The molecule has 25 heavy (non-hydrogen) atoms. The molecule has 0 atom stereocenters. The summed E-state index contributed by atoms with van der Waals surface area (Å²) in [4.78, 5) is 12.2. The Morgan fingerprint density at radius 1 is 1.28 bits per heavy atom. The van der Waals surface area contributed by atoms with E-state index in [9.17, 15) is 10.1 Å². The van der Waals surface area contributed by atoms with Gasteiger partial charge in [-0.3, -0.25) is 4.79 Å². The molecular weight excluding hydrogens is 493 g/mol. The zero-order valence-electron chi connectivity index (χ0n) is 13.6. The summed E-state index contributed by atoms with van der Waals surface area (Å²) in [6.45, 7) is 2.56. The summed E-state index contributed by atoms with van der Waals surface area (Å²) < 4.78 is 2.14. The van der Waals surface area contributed by atoms with Crippen LogP contribution in [0.4, 0.5) is 5.69 Å². The average molecular weight is 510 g/mol. The fourth-order valence-corrected chi connectivity index (χ4v) is 3.06. The van der Waals surface area contributed by atoms with E-state index >= 15 is 0 Å². The van der Waals surface area contributed by atoms with Crippen molar-refractivity contribution < 1.29 is 4.79 Å². The highest BCUT2D eigenvalue weighted by atomic mass is 127. The molecule has 0 bridgehead atoms. The third-order valence-corrected chi connectivity index (χ3v) is 4.72. The minimum absolute atomic E-state index is 0.0498. The normalized spacial score (nSPS) is 10.9. The second-order valence-electron chi connectivity index (χ2n) is 5.41. The van der Waals surface area contributed by atoms with Gasteiger partial charge < -0.3 is 10.6 Å². The predicted molar refractivity (Wildman–Crippen MR) is 112 cm³/mol. The molecule has 0 saturated carbocycles. The van der Waals surface area contributed by atoms with Gasteiger partial charge in [0.25, 0.3) is 5.91 Å². The van der Waals surface area contributed by atoms with E-state index in [0.717, 1.165) is 20.0 Å². The van der Waals surface area contributed by atoms with Crippen molar-refractivity contribution in [3.63, 3.8) is 0 Å². The van der Waals surface area contributed by atoms with Crippen LogP contribution in [0.1, 0.15) is 11.1 Å². The summed E-state index contributed by atoms with van der Waals surface area (Å²) in [5, 5.41) is 15.0. The fraction of sp³-hybridized carbons (Fsp3) is 0.158. The van der Waals surface area contributed by atoms with E-state index in [1.54, 1.807) is 0 Å². The Labute approximate surface area is 169 Å². The van der Waals surface area contributed by atoms with Crippen LogP contribution in [0.3, 0.4) is 0 Å². The van der Waals surface area contributed by atoms with E-state index in [4.69, 9.17) is 0 Å². The van der Waals surface area contributed by atoms with Crippen LogP contribution in [0, 0.1) is 21.8 Å². The molecule has 2 aromatic rings. The van der Waals surface area contributed by atoms with Gasteiger partial charge in [0.2, 0.25) is 0 Å². The highest BCUT2D eigenvalue weighted by Gasteiger charge is 2.10. The van der Waals surface area contributed by atoms with Crippen molar-refractivity contribution in [2.24, 2.45) is 0 Å². The van der Waals surface area contributed by atoms with Crippen LogP contribution < -0.4 is 10.6 Å².